The number of hydrogen-bond acceptors (Lipinski definition) is 6. The standard InChI is InChI=1S/C19H17ClN2O5S/c1-26-8-7-21-17(23)11-22-18(24)16(28-19(22)25)10-14-5-6-15(27-14)12-3-2-4-13(20)9-12/h2-6,9-10H,7-8,11H2,1H3,(H,21,23)/b16-10-. The first-order chi connectivity index (χ1) is 13.5. The van der Waals surface area contributed by atoms with Gasteiger partial charge >= 0.3 is 0 Å². The summed E-state index contributed by atoms with van der Waals surface area (Å²) in [6.07, 6.45) is 1.49. The number of benzene rings is 1. The van der Waals surface area contributed by atoms with Crippen LogP contribution < -0.4 is 5.32 Å². The number of amides is 3. The Hall–Kier alpha value is -2.55. The van der Waals surface area contributed by atoms with Crippen molar-refractivity contribution in [3.05, 3.63) is 52.1 Å². The minimum atomic E-state index is -0.530. The van der Waals surface area contributed by atoms with Gasteiger partial charge in [-0.2, -0.15) is 0 Å². The van der Waals surface area contributed by atoms with Gasteiger partial charge in [-0.1, -0.05) is 23.7 Å². The molecule has 3 rings (SSSR count). The van der Waals surface area contributed by atoms with Crippen molar-refractivity contribution in [1.29, 1.82) is 0 Å². The number of hydrogen-bond donors (Lipinski definition) is 1. The van der Waals surface area contributed by atoms with E-state index in [4.69, 9.17) is 20.8 Å². The maximum absolute atomic E-state index is 12.5. The molecular weight excluding hydrogens is 404 g/mol. The molecule has 1 aliphatic rings. The number of thioether (sulfide) groups is 1. The summed E-state index contributed by atoms with van der Waals surface area (Å²) in [5.41, 5.74) is 0.799. The first-order valence-corrected chi connectivity index (χ1v) is 9.54. The smallest absolute Gasteiger partial charge is 0.294 e. The van der Waals surface area contributed by atoms with Crippen LogP contribution in [0.2, 0.25) is 5.02 Å². The Morgan fingerprint density at radius 2 is 2.14 bits per heavy atom. The molecule has 3 amide bonds. The third kappa shape index (κ3) is 4.83. The lowest BCUT2D eigenvalue weighted by Gasteiger charge is -2.12. The third-order valence-electron chi connectivity index (χ3n) is 3.81. The molecule has 0 saturated carbocycles. The van der Waals surface area contributed by atoms with E-state index in [1.165, 1.54) is 13.2 Å². The Morgan fingerprint density at radius 1 is 1.32 bits per heavy atom. The molecule has 9 heteroatoms. The summed E-state index contributed by atoms with van der Waals surface area (Å²) >= 11 is 6.75. The lowest BCUT2D eigenvalue weighted by molar-refractivity contribution is -0.129. The molecule has 0 aliphatic carbocycles. The van der Waals surface area contributed by atoms with Crippen LogP contribution in [0.4, 0.5) is 4.79 Å². The summed E-state index contributed by atoms with van der Waals surface area (Å²) in [5.74, 6) is 0.0509. The molecule has 0 spiro atoms. The molecule has 1 aliphatic heterocycles. The van der Waals surface area contributed by atoms with Crippen LogP contribution in [-0.2, 0) is 14.3 Å². The van der Waals surface area contributed by atoms with Gasteiger partial charge in [0.25, 0.3) is 11.1 Å². The van der Waals surface area contributed by atoms with Crippen LogP contribution >= 0.6 is 23.4 Å². The van der Waals surface area contributed by atoms with Crippen LogP contribution in [0.25, 0.3) is 17.4 Å². The van der Waals surface area contributed by atoms with Crippen molar-refractivity contribution in [2.24, 2.45) is 0 Å². The van der Waals surface area contributed by atoms with E-state index in [1.807, 2.05) is 12.1 Å². The van der Waals surface area contributed by atoms with Crippen molar-refractivity contribution in [3.8, 4) is 11.3 Å². The zero-order chi connectivity index (χ0) is 20.1. The summed E-state index contributed by atoms with van der Waals surface area (Å²) in [6, 6.07) is 10.6. The average Bonchev–Trinajstić information content (AvgIpc) is 3.23. The van der Waals surface area contributed by atoms with Gasteiger partial charge in [0.05, 0.1) is 11.5 Å². The molecular formula is C19H17ClN2O5S. The quantitative estimate of drug-likeness (QED) is 0.545. The molecule has 2 heterocycles. The van der Waals surface area contributed by atoms with E-state index in [-0.39, 0.29) is 11.4 Å². The van der Waals surface area contributed by atoms with Crippen molar-refractivity contribution in [1.82, 2.24) is 10.2 Å². The van der Waals surface area contributed by atoms with E-state index < -0.39 is 17.1 Å². The summed E-state index contributed by atoms with van der Waals surface area (Å²) in [7, 11) is 1.51. The summed E-state index contributed by atoms with van der Waals surface area (Å²) in [4.78, 5) is 37.5. The number of nitrogens with one attached hydrogen (secondary N) is 1. The highest BCUT2D eigenvalue weighted by Crippen LogP contribution is 2.33. The number of carbonyl (C=O) groups excluding carboxylic acids is 3. The van der Waals surface area contributed by atoms with Gasteiger partial charge in [0.15, 0.2) is 0 Å². The number of halogens is 1. The van der Waals surface area contributed by atoms with E-state index >= 15 is 0 Å². The minimum Gasteiger partial charge on any atom is -0.457 e. The van der Waals surface area contributed by atoms with E-state index in [9.17, 15) is 14.4 Å². The average molecular weight is 421 g/mol. The number of imide groups is 1. The highest BCUT2D eigenvalue weighted by molar-refractivity contribution is 8.18. The first-order valence-electron chi connectivity index (χ1n) is 8.34. The molecule has 1 N–H and O–H groups in total. The second kappa shape index (κ2) is 9.09. The highest BCUT2D eigenvalue weighted by atomic mass is 35.5. The van der Waals surface area contributed by atoms with E-state index in [1.54, 1.807) is 24.3 Å². The van der Waals surface area contributed by atoms with Gasteiger partial charge in [0, 0.05) is 30.3 Å². The van der Waals surface area contributed by atoms with Crippen LogP contribution in [0.5, 0.6) is 0 Å². The van der Waals surface area contributed by atoms with E-state index in [0.717, 1.165) is 22.2 Å². The molecule has 7 nitrogen and oxygen atoms in total. The lowest BCUT2D eigenvalue weighted by atomic mass is 10.2. The Labute approximate surface area is 170 Å². The summed E-state index contributed by atoms with van der Waals surface area (Å²) in [6.45, 7) is 0.318. The number of ether oxygens (including phenoxy) is 1. The zero-order valence-corrected chi connectivity index (χ0v) is 16.5. The number of nitrogens with zero attached hydrogens (tertiary/aromatic N) is 1. The topological polar surface area (TPSA) is 88.8 Å². The van der Waals surface area contributed by atoms with Crippen LogP contribution in [0, 0.1) is 0 Å². The molecule has 1 saturated heterocycles. The Morgan fingerprint density at radius 3 is 2.89 bits per heavy atom. The van der Waals surface area contributed by atoms with Crippen molar-refractivity contribution in [3.63, 3.8) is 0 Å². The molecule has 1 aromatic heterocycles. The SMILES string of the molecule is COCCNC(=O)CN1C(=O)S/C(=C\c2ccc(-c3cccc(Cl)c3)o2)C1=O. The molecule has 146 valence electrons. The Bertz CT molecular complexity index is 940. The number of furan rings is 1. The molecule has 0 unspecified atom stereocenters. The molecule has 0 atom stereocenters. The van der Waals surface area contributed by atoms with E-state index in [2.05, 4.69) is 5.32 Å². The normalized spacial score (nSPS) is 15.5. The van der Waals surface area contributed by atoms with Gasteiger partial charge < -0.3 is 14.5 Å². The van der Waals surface area contributed by atoms with Crippen LogP contribution in [0.3, 0.4) is 0 Å². The zero-order valence-electron chi connectivity index (χ0n) is 14.9. The first kappa shape index (κ1) is 20.2. The molecule has 1 aromatic carbocycles. The number of rotatable bonds is 7. The van der Waals surface area contributed by atoms with Gasteiger partial charge in [0.2, 0.25) is 5.91 Å². The Balaban J connectivity index is 1.69. The summed E-state index contributed by atoms with van der Waals surface area (Å²) < 4.78 is 10.6. The summed E-state index contributed by atoms with van der Waals surface area (Å²) in [5, 5.41) is 2.66. The van der Waals surface area contributed by atoms with Gasteiger partial charge in [-0.3, -0.25) is 19.3 Å². The predicted molar refractivity (Wildman–Crippen MR) is 107 cm³/mol. The minimum absolute atomic E-state index is 0.196. The fraction of sp³-hybridized carbons (Fsp3) is 0.211. The van der Waals surface area contributed by atoms with Crippen molar-refractivity contribution >= 4 is 46.5 Å². The molecule has 2 aromatic rings. The fourth-order valence-electron chi connectivity index (χ4n) is 2.48. The van der Waals surface area contributed by atoms with Crippen molar-refractivity contribution < 1.29 is 23.5 Å². The second-order valence-corrected chi connectivity index (χ2v) is 7.25. The van der Waals surface area contributed by atoms with Crippen molar-refractivity contribution in [2.45, 2.75) is 0 Å². The van der Waals surface area contributed by atoms with Gasteiger partial charge in [-0.05, 0) is 36.0 Å². The molecule has 0 bridgehead atoms. The largest absolute Gasteiger partial charge is 0.457 e. The van der Waals surface area contributed by atoms with Crippen LogP contribution in [0.1, 0.15) is 5.76 Å². The van der Waals surface area contributed by atoms with Crippen LogP contribution in [0.15, 0.2) is 45.7 Å². The van der Waals surface area contributed by atoms with Gasteiger partial charge in [-0.15, -0.1) is 0 Å². The molecule has 1 fully saturated rings. The van der Waals surface area contributed by atoms with Gasteiger partial charge in [-0.25, -0.2) is 0 Å². The maximum Gasteiger partial charge on any atom is 0.294 e. The van der Waals surface area contributed by atoms with Crippen LogP contribution in [-0.4, -0.2) is 48.8 Å². The third-order valence-corrected chi connectivity index (χ3v) is 4.96. The number of carbonyl (C=O) groups is 3. The number of methoxy groups -OCH3 is 1. The molecule has 0 radical (unpaired) electrons. The lowest BCUT2D eigenvalue weighted by Crippen LogP contribution is -2.40. The Kier molecular flexibility index (Phi) is 6.56. The fourth-order valence-corrected chi connectivity index (χ4v) is 3.49. The maximum atomic E-state index is 12.5. The van der Waals surface area contributed by atoms with Crippen molar-refractivity contribution in [2.75, 3.05) is 26.8 Å². The molecule has 28 heavy (non-hydrogen) atoms. The highest BCUT2D eigenvalue weighted by Gasteiger charge is 2.36. The van der Waals surface area contributed by atoms with Gasteiger partial charge in [0.1, 0.15) is 18.1 Å². The van der Waals surface area contributed by atoms with E-state index in [0.29, 0.717) is 29.7 Å². The predicted octanol–water partition coefficient (Wildman–Crippen LogP) is 3.40. The second-order valence-electron chi connectivity index (χ2n) is 5.82. The monoisotopic (exact) mass is 420 g/mol.